The highest BCUT2D eigenvalue weighted by atomic mass is 32.1. The fourth-order valence-corrected chi connectivity index (χ4v) is 3.47. The Balaban J connectivity index is 1.67. The molecule has 156 valence electrons. The Hall–Kier alpha value is -3.19. The summed E-state index contributed by atoms with van der Waals surface area (Å²) in [7, 11) is 3.45. The van der Waals surface area contributed by atoms with Crippen LogP contribution in [-0.2, 0) is 13.2 Å². The van der Waals surface area contributed by atoms with Gasteiger partial charge in [-0.25, -0.2) is 4.98 Å². The molecule has 0 atom stereocenters. The van der Waals surface area contributed by atoms with Gasteiger partial charge in [0, 0.05) is 43.7 Å². The van der Waals surface area contributed by atoms with Gasteiger partial charge in [-0.15, -0.1) is 11.3 Å². The molecule has 0 aliphatic rings. The Morgan fingerprint density at radius 1 is 1.03 bits per heavy atom. The molecular weight excluding hydrogens is 398 g/mol. The molecule has 7 heteroatoms. The summed E-state index contributed by atoms with van der Waals surface area (Å²) in [5.41, 5.74) is 4.80. The third-order valence-corrected chi connectivity index (χ3v) is 5.24. The van der Waals surface area contributed by atoms with Crippen molar-refractivity contribution in [2.75, 3.05) is 20.6 Å². The molecule has 2 amide bonds. The van der Waals surface area contributed by atoms with Crippen LogP contribution in [0, 0.1) is 0 Å². The average molecular weight is 424 g/mol. The molecule has 1 heterocycles. The van der Waals surface area contributed by atoms with Crippen LogP contribution in [0.2, 0.25) is 0 Å². The van der Waals surface area contributed by atoms with E-state index in [1.807, 2.05) is 36.6 Å². The molecule has 0 bridgehead atoms. The monoisotopic (exact) mass is 423 g/mol. The van der Waals surface area contributed by atoms with Crippen molar-refractivity contribution in [2.45, 2.75) is 20.1 Å². The lowest BCUT2D eigenvalue weighted by Crippen LogP contribution is -2.30. The summed E-state index contributed by atoms with van der Waals surface area (Å²) in [6.07, 6.45) is 0. The van der Waals surface area contributed by atoms with Gasteiger partial charge in [0.05, 0.1) is 11.2 Å². The van der Waals surface area contributed by atoms with E-state index in [1.54, 1.807) is 53.7 Å². The van der Waals surface area contributed by atoms with Gasteiger partial charge in [-0.05, 0) is 42.8 Å². The van der Waals surface area contributed by atoms with Gasteiger partial charge in [-0.1, -0.05) is 18.2 Å². The minimum Gasteiger partial charge on any atom is -0.487 e. The molecule has 0 unspecified atom stereocenters. The molecule has 0 fully saturated rings. The molecular formula is C23H25N3O3S. The van der Waals surface area contributed by atoms with Crippen molar-refractivity contribution in [3.8, 4) is 5.75 Å². The zero-order chi connectivity index (χ0) is 21.5. The number of ether oxygens (including phenoxy) is 1. The van der Waals surface area contributed by atoms with E-state index in [4.69, 9.17) is 4.74 Å². The van der Waals surface area contributed by atoms with Crippen molar-refractivity contribution in [1.29, 1.82) is 0 Å². The summed E-state index contributed by atoms with van der Waals surface area (Å²) < 4.78 is 5.77. The van der Waals surface area contributed by atoms with Crippen molar-refractivity contribution >= 4 is 23.2 Å². The number of carbonyl (C=O) groups excluding carboxylic acids is 2. The number of thiazole rings is 1. The summed E-state index contributed by atoms with van der Waals surface area (Å²) in [6, 6.07) is 14.6. The molecule has 0 aliphatic heterocycles. The smallest absolute Gasteiger partial charge is 0.254 e. The van der Waals surface area contributed by atoms with Crippen LogP contribution >= 0.6 is 11.3 Å². The van der Waals surface area contributed by atoms with Crippen molar-refractivity contribution in [2.24, 2.45) is 0 Å². The lowest BCUT2D eigenvalue weighted by atomic mass is 10.1. The molecule has 0 saturated carbocycles. The first-order valence-electron chi connectivity index (χ1n) is 9.67. The number of hydrogen-bond donors (Lipinski definition) is 0. The molecule has 0 radical (unpaired) electrons. The second-order valence-corrected chi connectivity index (χ2v) is 7.73. The van der Waals surface area contributed by atoms with E-state index in [1.165, 1.54) is 11.3 Å². The lowest BCUT2D eigenvalue weighted by Gasteiger charge is -2.21. The summed E-state index contributed by atoms with van der Waals surface area (Å²) in [5, 5.41) is 1.94. The van der Waals surface area contributed by atoms with Crippen molar-refractivity contribution in [3.05, 3.63) is 81.8 Å². The molecule has 0 spiro atoms. The van der Waals surface area contributed by atoms with Crippen LogP contribution in [0.15, 0.2) is 59.4 Å². The van der Waals surface area contributed by atoms with E-state index in [0.717, 1.165) is 11.3 Å². The van der Waals surface area contributed by atoms with Gasteiger partial charge in [0.25, 0.3) is 11.8 Å². The Morgan fingerprint density at radius 2 is 1.80 bits per heavy atom. The SMILES string of the molecule is CCN(Cc1ccc(C(=O)N(C)C)cc1)C(=O)c1cccc(OCc2cscn2)c1. The maximum Gasteiger partial charge on any atom is 0.254 e. The quantitative estimate of drug-likeness (QED) is 0.548. The molecule has 0 aliphatic carbocycles. The van der Waals surface area contributed by atoms with Gasteiger partial charge in [0.15, 0.2) is 0 Å². The molecule has 6 nitrogen and oxygen atoms in total. The summed E-state index contributed by atoms with van der Waals surface area (Å²) in [6.45, 7) is 3.36. The summed E-state index contributed by atoms with van der Waals surface area (Å²) >= 11 is 1.52. The number of hydrogen-bond acceptors (Lipinski definition) is 5. The Bertz CT molecular complexity index is 985. The summed E-state index contributed by atoms with van der Waals surface area (Å²) in [4.78, 5) is 32.6. The number of aromatic nitrogens is 1. The highest BCUT2D eigenvalue weighted by Crippen LogP contribution is 2.18. The second kappa shape index (κ2) is 10.0. The molecule has 0 N–H and O–H groups in total. The van der Waals surface area contributed by atoms with E-state index in [2.05, 4.69) is 4.98 Å². The molecule has 3 rings (SSSR count). The van der Waals surface area contributed by atoms with Crippen molar-refractivity contribution < 1.29 is 14.3 Å². The van der Waals surface area contributed by atoms with E-state index in [9.17, 15) is 9.59 Å². The average Bonchev–Trinajstić information content (AvgIpc) is 3.29. The Labute approximate surface area is 180 Å². The van der Waals surface area contributed by atoms with Crippen molar-refractivity contribution in [3.63, 3.8) is 0 Å². The predicted octanol–water partition coefficient (Wildman–Crippen LogP) is 4.09. The Kier molecular flexibility index (Phi) is 7.19. The third kappa shape index (κ3) is 5.45. The second-order valence-electron chi connectivity index (χ2n) is 7.01. The number of benzene rings is 2. The minimum absolute atomic E-state index is 0.0422. The van der Waals surface area contributed by atoms with E-state index >= 15 is 0 Å². The highest BCUT2D eigenvalue weighted by Gasteiger charge is 2.16. The standard InChI is InChI=1S/C23H25N3O3S/c1-4-26(13-17-8-10-18(11-9-17)22(27)25(2)3)23(28)19-6-5-7-21(12-19)29-14-20-15-30-16-24-20/h5-12,15-16H,4,13-14H2,1-3H3. The Morgan fingerprint density at radius 3 is 2.43 bits per heavy atom. The van der Waals surface area contributed by atoms with Crippen LogP contribution < -0.4 is 4.74 Å². The highest BCUT2D eigenvalue weighted by molar-refractivity contribution is 7.07. The van der Waals surface area contributed by atoms with Gasteiger partial charge in [0.1, 0.15) is 12.4 Å². The van der Waals surface area contributed by atoms with Gasteiger partial charge in [-0.2, -0.15) is 0 Å². The van der Waals surface area contributed by atoms with Gasteiger partial charge in [0.2, 0.25) is 0 Å². The van der Waals surface area contributed by atoms with Gasteiger partial charge >= 0.3 is 0 Å². The van der Waals surface area contributed by atoms with Crippen molar-refractivity contribution in [1.82, 2.24) is 14.8 Å². The molecule has 0 saturated heterocycles. The van der Waals surface area contributed by atoms with E-state index in [-0.39, 0.29) is 11.8 Å². The molecule has 30 heavy (non-hydrogen) atoms. The minimum atomic E-state index is -0.0648. The maximum atomic E-state index is 13.0. The zero-order valence-corrected chi connectivity index (χ0v) is 18.2. The van der Waals surface area contributed by atoms with Crippen LogP contribution in [0.3, 0.4) is 0 Å². The van der Waals surface area contributed by atoms with Gasteiger partial charge in [-0.3, -0.25) is 9.59 Å². The fourth-order valence-electron chi connectivity index (χ4n) is 2.93. The van der Waals surface area contributed by atoms with E-state index < -0.39 is 0 Å². The zero-order valence-electron chi connectivity index (χ0n) is 17.4. The number of carbonyl (C=O) groups is 2. The van der Waals surface area contributed by atoms with Crippen LogP contribution in [0.5, 0.6) is 5.75 Å². The lowest BCUT2D eigenvalue weighted by molar-refractivity contribution is 0.0751. The largest absolute Gasteiger partial charge is 0.487 e. The normalized spacial score (nSPS) is 10.5. The maximum absolute atomic E-state index is 13.0. The fraction of sp³-hybridized carbons (Fsp3) is 0.261. The van der Waals surface area contributed by atoms with Crippen LogP contribution in [0.4, 0.5) is 0 Å². The number of rotatable bonds is 8. The number of amides is 2. The van der Waals surface area contributed by atoms with E-state index in [0.29, 0.717) is 36.6 Å². The predicted molar refractivity (Wildman–Crippen MR) is 118 cm³/mol. The first-order valence-corrected chi connectivity index (χ1v) is 10.6. The molecule has 1 aromatic heterocycles. The molecule has 3 aromatic rings. The van der Waals surface area contributed by atoms with Crippen LogP contribution in [0.1, 0.15) is 38.9 Å². The summed E-state index contributed by atoms with van der Waals surface area (Å²) in [5.74, 6) is 0.529. The number of nitrogens with zero attached hydrogens (tertiary/aromatic N) is 3. The topological polar surface area (TPSA) is 62.7 Å². The van der Waals surface area contributed by atoms with Gasteiger partial charge < -0.3 is 14.5 Å². The first-order chi connectivity index (χ1) is 14.5. The van der Waals surface area contributed by atoms with Crippen LogP contribution in [-0.4, -0.2) is 47.2 Å². The first kappa shape index (κ1) is 21.5. The molecule has 2 aromatic carbocycles. The third-order valence-electron chi connectivity index (χ3n) is 4.60. The van der Waals surface area contributed by atoms with Crippen LogP contribution in [0.25, 0.3) is 0 Å².